The van der Waals surface area contributed by atoms with Gasteiger partial charge in [-0.15, -0.1) is 0 Å². The Balaban J connectivity index is 1.74. The molecule has 34 heavy (non-hydrogen) atoms. The Kier molecular flexibility index (Phi) is 8.03. The number of anilines is 1. The van der Waals surface area contributed by atoms with Crippen LogP contribution in [0.4, 0.5) is 5.69 Å². The summed E-state index contributed by atoms with van der Waals surface area (Å²) in [5.41, 5.74) is 3.52. The number of rotatable bonds is 9. The molecule has 1 N–H and O–H groups in total. The predicted molar refractivity (Wildman–Crippen MR) is 128 cm³/mol. The number of hydrogen-bond donors (Lipinski definition) is 1. The minimum Gasteiger partial charge on any atom is -0.493 e. The van der Waals surface area contributed by atoms with Gasteiger partial charge in [-0.3, -0.25) is 9.59 Å². The van der Waals surface area contributed by atoms with Crippen molar-refractivity contribution in [1.29, 1.82) is 0 Å². The molecule has 7 nitrogen and oxygen atoms in total. The number of carbonyl (C=O) groups is 3. The highest BCUT2D eigenvalue weighted by Gasteiger charge is 2.26. The van der Waals surface area contributed by atoms with Gasteiger partial charge in [0, 0.05) is 16.8 Å². The van der Waals surface area contributed by atoms with Gasteiger partial charge in [0.2, 0.25) is 6.10 Å². The van der Waals surface area contributed by atoms with Gasteiger partial charge in [-0.25, -0.2) is 4.79 Å². The molecule has 176 valence electrons. The summed E-state index contributed by atoms with van der Waals surface area (Å²) in [7, 11) is 1.44. The third-order valence-electron chi connectivity index (χ3n) is 5.16. The van der Waals surface area contributed by atoms with Crippen molar-refractivity contribution >= 4 is 23.3 Å². The van der Waals surface area contributed by atoms with Gasteiger partial charge in [0.15, 0.2) is 23.9 Å². The van der Waals surface area contributed by atoms with Crippen molar-refractivity contribution in [1.82, 2.24) is 0 Å². The average Bonchev–Trinajstić information content (AvgIpc) is 2.83. The van der Waals surface area contributed by atoms with Gasteiger partial charge in [0.25, 0.3) is 5.91 Å². The molecule has 0 heterocycles. The zero-order valence-corrected chi connectivity index (χ0v) is 19.6. The van der Waals surface area contributed by atoms with Gasteiger partial charge in [-0.2, -0.15) is 0 Å². The van der Waals surface area contributed by atoms with Crippen molar-refractivity contribution in [3.8, 4) is 11.5 Å². The van der Waals surface area contributed by atoms with Crippen LogP contribution in [-0.4, -0.2) is 31.4 Å². The van der Waals surface area contributed by atoms with E-state index in [1.807, 2.05) is 38.1 Å². The van der Waals surface area contributed by atoms with Crippen molar-refractivity contribution in [2.45, 2.75) is 26.9 Å². The highest BCUT2D eigenvalue weighted by Crippen LogP contribution is 2.29. The molecule has 0 aromatic heterocycles. The van der Waals surface area contributed by atoms with E-state index < -0.39 is 24.6 Å². The smallest absolute Gasteiger partial charge is 0.345 e. The molecule has 0 bridgehead atoms. The molecule has 1 amide bonds. The fourth-order valence-electron chi connectivity index (χ4n) is 3.28. The number of amides is 1. The number of esters is 1. The second kappa shape index (κ2) is 11.1. The zero-order chi connectivity index (χ0) is 24.7. The first-order valence-corrected chi connectivity index (χ1v) is 10.7. The van der Waals surface area contributed by atoms with Gasteiger partial charge in [0.1, 0.15) is 0 Å². The van der Waals surface area contributed by atoms with E-state index in [-0.39, 0.29) is 11.5 Å². The quantitative estimate of drug-likeness (QED) is 0.363. The van der Waals surface area contributed by atoms with Crippen LogP contribution < -0.4 is 14.8 Å². The normalized spacial score (nSPS) is 11.3. The molecule has 0 saturated heterocycles. The number of nitrogens with one attached hydrogen (secondary N) is 1. The van der Waals surface area contributed by atoms with E-state index in [1.165, 1.54) is 20.1 Å². The minimum absolute atomic E-state index is 0.121. The fraction of sp³-hybridized carbons (Fsp3) is 0.222. The fourth-order valence-corrected chi connectivity index (χ4v) is 3.28. The molecule has 0 saturated carbocycles. The second-order valence-electron chi connectivity index (χ2n) is 7.80. The van der Waals surface area contributed by atoms with Crippen LogP contribution in [0.2, 0.25) is 0 Å². The number of ether oxygens (including phenoxy) is 3. The first kappa shape index (κ1) is 24.5. The molecule has 0 spiro atoms. The molecular weight excluding hydrogens is 434 g/mol. The second-order valence-corrected chi connectivity index (χ2v) is 7.80. The van der Waals surface area contributed by atoms with Gasteiger partial charge in [0.05, 0.1) is 7.11 Å². The Morgan fingerprint density at radius 1 is 0.912 bits per heavy atom. The van der Waals surface area contributed by atoms with Crippen molar-refractivity contribution in [2.75, 3.05) is 19.0 Å². The lowest BCUT2D eigenvalue weighted by molar-refractivity contribution is -0.156. The molecule has 7 heteroatoms. The van der Waals surface area contributed by atoms with Crippen LogP contribution in [0.1, 0.15) is 40.1 Å². The zero-order valence-electron chi connectivity index (χ0n) is 19.6. The number of hydrogen-bond acceptors (Lipinski definition) is 6. The highest BCUT2D eigenvalue weighted by atomic mass is 16.6. The molecule has 3 aromatic carbocycles. The summed E-state index contributed by atoms with van der Waals surface area (Å²) in [6.45, 7) is 4.81. The van der Waals surface area contributed by atoms with E-state index in [1.54, 1.807) is 36.4 Å². The topological polar surface area (TPSA) is 90.9 Å². The molecule has 1 unspecified atom stereocenters. The third-order valence-corrected chi connectivity index (χ3v) is 5.16. The molecule has 0 fully saturated rings. The molecule has 1 atom stereocenters. The standard InChI is InChI=1S/C27H27NO6/c1-17-10-11-18(2)22(14-17)28-27(31)26(20-8-6-5-7-9-20)34-25(30)16-33-23-13-12-21(19(3)29)15-24(23)32-4/h5-15,26H,16H2,1-4H3,(H,28,31). The molecular formula is C27H27NO6. The van der Waals surface area contributed by atoms with E-state index in [0.29, 0.717) is 22.6 Å². The van der Waals surface area contributed by atoms with Crippen molar-refractivity contribution in [3.63, 3.8) is 0 Å². The Morgan fingerprint density at radius 2 is 1.65 bits per heavy atom. The Labute approximate surface area is 198 Å². The molecule has 3 rings (SSSR count). The first-order valence-electron chi connectivity index (χ1n) is 10.7. The van der Waals surface area contributed by atoms with E-state index >= 15 is 0 Å². The largest absolute Gasteiger partial charge is 0.493 e. The lowest BCUT2D eigenvalue weighted by Gasteiger charge is -2.19. The molecule has 3 aromatic rings. The van der Waals surface area contributed by atoms with Crippen molar-refractivity contribution in [2.24, 2.45) is 0 Å². The number of Topliss-reactive ketones (excluding diaryl/α,β-unsaturated/α-hetero) is 1. The van der Waals surface area contributed by atoms with E-state index in [2.05, 4.69) is 5.32 Å². The van der Waals surface area contributed by atoms with Crippen LogP contribution in [-0.2, 0) is 14.3 Å². The maximum atomic E-state index is 13.1. The summed E-state index contributed by atoms with van der Waals surface area (Å²) in [5, 5.41) is 2.85. The average molecular weight is 462 g/mol. The van der Waals surface area contributed by atoms with Gasteiger partial charge < -0.3 is 19.5 Å². The first-order chi connectivity index (χ1) is 16.3. The van der Waals surface area contributed by atoms with Crippen molar-refractivity contribution < 1.29 is 28.6 Å². The number of ketones is 1. The number of aryl methyl sites for hydroxylation is 2. The van der Waals surface area contributed by atoms with Crippen LogP contribution in [0.25, 0.3) is 0 Å². The highest BCUT2D eigenvalue weighted by molar-refractivity contribution is 5.97. The molecule has 0 radical (unpaired) electrons. The summed E-state index contributed by atoms with van der Waals surface area (Å²) in [6, 6.07) is 19.1. The Morgan fingerprint density at radius 3 is 2.32 bits per heavy atom. The maximum Gasteiger partial charge on any atom is 0.345 e. The van der Waals surface area contributed by atoms with Crippen LogP contribution in [0.5, 0.6) is 11.5 Å². The Bertz CT molecular complexity index is 1190. The van der Waals surface area contributed by atoms with Crippen molar-refractivity contribution in [3.05, 3.63) is 89.0 Å². The predicted octanol–water partition coefficient (Wildman–Crippen LogP) is 4.82. The summed E-state index contributed by atoms with van der Waals surface area (Å²) in [5.74, 6) is -0.738. The van der Waals surface area contributed by atoms with Crippen LogP contribution in [0.15, 0.2) is 66.7 Å². The van der Waals surface area contributed by atoms with Gasteiger partial charge >= 0.3 is 5.97 Å². The summed E-state index contributed by atoms with van der Waals surface area (Å²) >= 11 is 0. The maximum absolute atomic E-state index is 13.1. The number of benzene rings is 3. The number of carbonyl (C=O) groups excluding carboxylic acids is 3. The lowest BCUT2D eigenvalue weighted by atomic mass is 10.1. The Hall–Kier alpha value is -4.13. The number of methoxy groups -OCH3 is 1. The molecule has 0 aliphatic carbocycles. The summed E-state index contributed by atoms with van der Waals surface area (Å²) < 4.78 is 16.3. The SMILES string of the molecule is COc1cc(C(C)=O)ccc1OCC(=O)OC(C(=O)Nc1cc(C)ccc1C)c1ccccc1. The summed E-state index contributed by atoms with van der Waals surface area (Å²) in [4.78, 5) is 37.3. The molecule has 0 aliphatic rings. The van der Waals surface area contributed by atoms with Crippen LogP contribution in [0.3, 0.4) is 0 Å². The van der Waals surface area contributed by atoms with E-state index in [9.17, 15) is 14.4 Å². The minimum atomic E-state index is -1.17. The monoisotopic (exact) mass is 461 g/mol. The van der Waals surface area contributed by atoms with Gasteiger partial charge in [-0.05, 0) is 56.2 Å². The van der Waals surface area contributed by atoms with E-state index in [4.69, 9.17) is 14.2 Å². The molecule has 0 aliphatic heterocycles. The summed E-state index contributed by atoms with van der Waals surface area (Å²) in [6.07, 6.45) is -1.17. The van der Waals surface area contributed by atoms with E-state index in [0.717, 1.165) is 11.1 Å². The lowest BCUT2D eigenvalue weighted by Crippen LogP contribution is -2.28. The van der Waals surface area contributed by atoms with Crippen LogP contribution >= 0.6 is 0 Å². The third kappa shape index (κ3) is 6.22. The van der Waals surface area contributed by atoms with Gasteiger partial charge in [-0.1, -0.05) is 42.5 Å². The van der Waals surface area contributed by atoms with Crippen LogP contribution in [0, 0.1) is 13.8 Å².